The molecule has 176 valence electrons. The van der Waals surface area contributed by atoms with E-state index in [0.29, 0.717) is 34.3 Å². The number of nitrogens with zero attached hydrogens (tertiary/aromatic N) is 4. The van der Waals surface area contributed by atoms with Gasteiger partial charge in [0.05, 0.1) is 22.8 Å². The summed E-state index contributed by atoms with van der Waals surface area (Å²) in [5, 5.41) is 10.0. The Morgan fingerprint density at radius 3 is 2.60 bits per heavy atom. The van der Waals surface area contributed by atoms with E-state index < -0.39 is 5.82 Å². The van der Waals surface area contributed by atoms with E-state index in [1.165, 1.54) is 12.3 Å². The summed E-state index contributed by atoms with van der Waals surface area (Å²) in [6.07, 6.45) is 4.31. The predicted octanol–water partition coefficient (Wildman–Crippen LogP) is 4.42. The number of nitrogens with one attached hydrogen (secondary N) is 3. The molecular formula is C26H24FN7O. The van der Waals surface area contributed by atoms with Crippen molar-refractivity contribution in [2.24, 2.45) is 0 Å². The first-order valence-corrected chi connectivity index (χ1v) is 11.2. The molecule has 5 rings (SSSR count). The molecule has 0 unspecified atom stereocenters. The molecule has 9 heteroatoms. The normalized spacial score (nSPS) is 13.8. The number of benzene rings is 2. The van der Waals surface area contributed by atoms with Crippen molar-refractivity contribution in [3.63, 3.8) is 0 Å². The smallest absolute Gasteiger partial charge is 0.247 e. The van der Waals surface area contributed by atoms with Crippen molar-refractivity contribution in [3.8, 4) is 11.3 Å². The number of carbonyl (C=O) groups is 1. The Labute approximate surface area is 201 Å². The minimum Gasteiger partial charge on any atom is -0.380 e. The Hall–Kier alpha value is -4.37. The zero-order valence-electron chi connectivity index (χ0n) is 19.1. The first-order valence-electron chi connectivity index (χ1n) is 11.2. The van der Waals surface area contributed by atoms with E-state index in [2.05, 4.69) is 49.4 Å². The van der Waals surface area contributed by atoms with Gasteiger partial charge in [0.25, 0.3) is 0 Å². The quantitative estimate of drug-likeness (QED) is 0.345. The Balaban J connectivity index is 1.42. The lowest BCUT2D eigenvalue weighted by Gasteiger charge is -2.37. The van der Waals surface area contributed by atoms with Crippen molar-refractivity contribution in [1.82, 2.24) is 19.9 Å². The molecule has 1 amide bonds. The number of likely N-dealkylation sites (N-methyl/N-ethyl adjacent to an activating group) is 1. The highest BCUT2D eigenvalue weighted by Gasteiger charge is 2.22. The molecule has 0 bridgehead atoms. The van der Waals surface area contributed by atoms with Gasteiger partial charge in [0.2, 0.25) is 11.9 Å². The number of fused-ring (bicyclic) bond motifs is 1. The van der Waals surface area contributed by atoms with Gasteiger partial charge in [0, 0.05) is 47.9 Å². The highest BCUT2D eigenvalue weighted by Crippen LogP contribution is 2.31. The van der Waals surface area contributed by atoms with Crippen LogP contribution in [-0.4, -0.2) is 51.9 Å². The van der Waals surface area contributed by atoms with E-state index in [-0.39, 0.29) is 11.5 Å². The number of amides is 1. The topological polar surface area (TPSA) is 95.1 Å². The molecule has 1 aliphatic heterocycles. The number of rotatable bonds is 7. The van der Waals surface area contributed by atoms with Gasteiger partial charge in [-0.3, -0.25) is 9.78 Å². The fraction of sp³-hybridized carbons (Fsp3) is 0.154. The van der Waals surface area contributed by atoms with Crippen LogP contribution in [0.3, 0.4) is 0 Å². The van der Waals surface area contributed by atoms with Crippen LogP contribution >= 0.6 is 0 Å². The summed E-state index contributed by atoms with van der Waals surface area (Å²) in [6.45, 7) is 5.51. The predicted molar refractivity (Wildman–Crippen MR) is 136 cm³/mol. The Morgan fingerprint density at radius 2 is 1.86 bits per heavy atom. The minimum atomic E-state index is -0.473. The average Bonchev–Trinajstić information content (AvgIpc) is 2.84. The maximum absolute atomic E-state index is 15.0. The van der Waals surface area contributed by atoms with Gasteiger partial charge in [0.15, 0.2) is 0 Å². The molecule has 4 aromatic rings. The number of anilines is 4. The molecular weight excluding hydrogens is 445 g/mol. The summed E-state index contributed by atoms with van der Waals surface area (Å²) in [6, 6.07) is 14.6. The maximum atomic E-state index is 15.0. The van der Waals surface area contributed by atoms with Crippen molar-refractivity contribution in [3.05, 3.63) is 79.4 Å². The average molecular weight is 470 g/mol. The molecule has 1 saturated heterocycles. The molecule has 2 aromatic carbocycles. The third-order valence-corrected chi connectivity index (χ3v) is 5.75. The van der Waals surface area contributed by atoms with Gasteiger partial charge < -0.3 is 20.9 Å². The molecule has 35 heavy (non-hydrogen) atoms. The van der Waals surface area contributed by atoms with E-state index in [9.17, 15) is 9.18 Å². The first kappa shape index (κ1) is 22.4. The third-order valence-electron chi connectivity index (χ3n) is 5.75. The van der Waals surface area contributed by atoms with Gasteiger partial charge in [-0.1, -0.05) is 6.58 Å². The lowest BCUT2D eigenvalue weighted by Crippen LogP contribution is -2.52. The minimum absolute atomic E-state index is 0.229. The van der Waals surface area contributed by atoms with E-state index in [0.717, 1.165) is 30.5 Å². The van der Waals surface area contributed by atoms with Gasteiger partial charge in [-0.15, -0.1) is 0 Å². The summed E-state index contributed by atoms with van der Waals surface area (Å²) >= 11 is 0. The van der Waals surface area contributed by atoms with Crippen LogP contribution in [0.4, 0.5) is 27.4 Å². The lowest BCUT2D eigenvalue weighted by molar-refractivity contribution is -0.111. The van der Waals surface area contributed by atoms with Crippen LogP contribution in [0.5, 0.6) is 0 Å². The Morgan fingerprint density at radius 1 is 1.09 bits per heavy atom. The SMILES string of the molecule is C=CC(=O)Nc1ccnc(-c2c(F)ccc3cnc(Nc4ccc(NC5CN(C)C5)cc4)nc23)c1. The third kappa shape index (κ3) is 4.95. The highest BCUT2D eigenvalue weighted by atomic mass is 19.1. The van der Waals surface area contributed by atoms with Crippen molar-refractivity contribution in [2.45, 2.75) is 6.04 Å². The number of likely N-dealkylation sites (tertiary alicyclic amines) is 1. The van der Waals surface area contributed by atoms with E-state index in [1.807, 2.05) is 24.3 Å². The van der Waals surface area contributed by atoms with Crippen LogP contribution in [-0.2, 0) is 4.79 Å². The monoisotopic (exact) mass is 469 g/mol. The van der Waals surface area contributed by atoms with E-state index in [4.69, 9.17) is 0 Å². The fourth-order valence-electron chi connectivity index (χ4n) is 4.02. The number of hydrogen-bond acceptors (Lipinski definition) is 7. The van der Waals surface area contributed by atoms with Crippen molar-refractivity contribution >= 4 is 39.8 Å². The van der Waals surface area contributed by atoms with Crippen LogP contribution in [0.25, 0.3) is 22.2 Å². The number of pyridine rings is 1. The largest absolute Gasteiger partial charge is 0.380 e. The molecule has 0 saturated carbocycles. The second-order valence-electron chi connectivity index (χ2n) is 8.44. The molecule has 1 aliphatic rings. The highest BCUT2D eigenvalue weighted by molar-refractivity contribution is 6.00. The van der Waals surface area contributed by atoms with Crippen LogP contribution in [0.1, 0.15) is 0 Å². The molecule has 2 aromatic heterocycles. The van der Waals surface area contributed by atoms with Crippen LogP contribution in [0.2, 0.25) is 0 Å². The van der Waals surface area contributed by atoms with Crippen molar-refractivity contribution in [1.29, 1.82) is 0 Å². The summed E-state index contributed by atoms with van der Waals surface area (Å²) in [7, 11) is 2.10. The number of hydrogen-bond donors (Lipinski definition) is 3. The van der Waals surface area contributed by atoms with Gasteiger partial charge in [-0.25, -0.2) is 14.4 Å². The van der Waals surface area contributed by atoms with Crippen LogP contribution < -0.4 is 16.0 Å². The summed E-state index contributed by atoms with van der Waals surface area (Å²) in [4.78, 5) is 27.2. The van der Waals surface area contributed by atoms with Crippen LogP contribution in [0, 0.1) is 5.82 Å². The fourth-order valence-corrected chi connectivity index (χ4v) is 4.02. The van der Waals surface area contributed by atoms with Crippen LogP contribution in [0.15, 0.2) is 73.6 Å². The summed E-state index contributed by atoms with van der Waals surface area (Å²) in [5.41, 5.74) is 3.32. The Kier molecular flexibility index (Phi) is 6.07. The molecule has 1 fully saturated rings. The zero-order valence-corrected chi connectivity index (χ0v) is 19.1. The van der Waals surface area contributed by atoms with Gasteiger partial charge in [-0.05, 0) is 61.7 Å². The zero-order chi connectivity index (χ0) is 24.4. The number of halogens is 1. The Bertz CT molecular complexity index is 1400. The standard InChI is InChI=1S/C26H24FN7O/c1-3-23(35)31-19-10-11-28-22(12-19)24-21(27)9-4-16-13-29-26(33-25(16)24)32-18-7-5-17(6-8-18)30-20-14-34(2)15-20/h3-13,20,30H,1,14-15H2,2H3,(H,28,31,35)(H,29,32,33). The second-order valence-corrected chi connectivity index (χ2v) is 8.44. The van der Waals surface area contributed by atoms with Gasteiger partial charge >= 0.3 is 0 Å². The summed E-state index contributed by atoms with van der Waals surface area (Å²) < 4.78 is 15.0. The molecule has 0 aliphatic carbocycles. The second kappa shape index (κ2) is 9.47. The molecule has 0 atom stereocenters. The number of aromatic nitrogens is 3. The van der Waals surface area contributed by atoms with Gasteiger partial charge in [-0.2, -0.15) is 0 Å². The molecule has 8 nitrogen and oxygen atoms in total. The van der Waals surface area contributed by atoms with E-state index in [1.54, 1.807) is 24.4 Å². The molecule has 3 N–H and O–H groups in total. The first-order chi connectivity index (χ1) is 17.0. The number of carbonyl (C=O) groups excluding carboxylic acids is 1. The van der Waals surface area contributed by atoms with Gasteiger partial charge in [0.1, 0.15) is 5.82 Å². The molecule has 0 radical (unpaired) electrons. The van der Waals surface area contributed by atoms with E-state index >= 15 is 0 Å². The van der Waals surface area contributed by atoms with Crippen molar-refractivity contribution < 1.29 is 9.18 Å². The summed E-state index contributed by atoms with van der Waals surface area (Å²) in [5.74, 6) is -0.503. The molecule has 3 heterocycles. The van der Waals surface area contributed by atoms with Crippen molar-refractivity contribution in [2.75, 3.05) is 36.1 Å². The lowest BCUT2D eigenvalue weighted by atomic mass is 10.1. The molecule has 0 spiro atoms. The maximum Gasteiger partial charge on any atom is 0.247 e.